The van der Waals surface area contributed by atoms with E-state index in [-0.39, 0.29) is 0 Å². The molecule has 0 N–H and O–H groups in total. The molecule has 0 saturated carbocycles. The maximum absolute atomic E-state index is 6.31. The van der Waals surface area contributed by atoms with E-state index in [0.717, 1.165) is 10.0 Å². The largest absolute Gasteiger partial charge is 0.156 e. The number of rotatable bonds is 1. The molecule has 0 amide bonds. The zero-order chi connectivity index (χ0) is 15.8. The van der Waals surface area contributed by atoms with Gasteiger partial charge in [-0.05, 0) is 45.8 Å². The smallest absolute Gasteiger partial charge is 0.0843 e. The number of hydrogen-bond acceptors (Lipinski definition) is 0. The summed E-state index contributed by atoms with van der Waals surface area (Å²) in [5.41, 5.74) is 2.47. The van der Waals surface area contributed by atoms with Gasteiger partial charge in [-0.15, -0.1) is 0 Å². The van der Waals surface area contributed by atoms with Crippen LogP contribution in [-0.4, -0.2) is 8.80 Å². The van der Waals surface area contributed by atoms with Gasteiger partial charge in [0.2, 0.25) is 0 Å². The van der Waals surface area contributed by atoms with Gasteiger partial charge in [0.25, 0.3) is 0 Å². The fraction of sp³-hybridized carbons (Fsp3) is 0. The molecule has 1 aliphatic rings. The fourth-order valence-electron chi connectivity index (χ4n) is 3.02. The van der Waals surface area contributed by atoms with Gasteiger partial charge in [-0.3, -0.25) is 0 Å². The van der Waals surface area contributed by atoms with Gasteiger partial charge in [0, 0.05) is 10.0 Å². The molecule has 1 radical (unpaired) electrons. The number of fused-ring (bicyclic) bond motifs is 2. The number of benzene rings is 3. The monoisotopic (exact) mass is 351 g/mol. The second-order valence-electron chi connectivity index (χ2n) is 5.54. The molecule has 4 rings (SSSR count). The molecule has 0 spiro atoms. The molecule has 1 heterocycles. The van der Waals surface area contributed by atoms with E-state index < -0.39 is 8.80 Å². The van der Waals surface area contributed by atoms with Gasteiger partial charge in [-0.25, -0.2) is 0 Å². The third-order valence-electron chi connectivity index (χ3n) is 4.07. The standard InChI is InChI=1S/C20H13Cl2Si/c21-16-10-8-14-6-7-15-9-11-17(22)13-20(15)23(19(14)12-16)18-4-2-1-3-5-18/h1-13H. The minimum Gasteiger partial charge on any atom is -0.0843 e. The molecule has 3 heteroatoms. The van der Waals surface area contributed by atoms with Crippen LogP contribution in [-0.2, 0) is 0 Å². The molecule has 0 atom stereocenters. The molecule has 0 aliphatic carbocycles. The predicted octanol–water partition coefficient (Wildman–Crippen LogP) is 3.99. The summed E-state index contributed by atoms with van der Waals surface area (Å²) in [5.74, 6) is 0. The van der Waals surface area contributed by atoms with Crippen molar-refractivity contribution in [2.24, 2.45) is 0 Å². The van der Waals surface area contributed by atoms with Gasteiger partial charge in [0.15, 0.2) is 8.80 Å². The highest BCUT2D eigenvalue weighted by atomic mass is 35.5. The van der Waals surface area contributed by atoms with E-state index in [4.69, 9.17) is 23.2 Å². The summed E-state index contributed by atoms with van der Waals surface area (Å²) in [4.78, 5) is 0. The Labute approximate surface area is 147 Å². The molecule has 0 bridgehead atoms. The summed E-state index contributed by atoms with van der Waals surface area (Å²) in [6.45, 7) is 0. The lowest BCUT2D eigenvalue weighted by Gasteiger charge is -2.19. The Morgan fingerprint density at radius 3 is 1.65 bits per heavy atom. The lowest BCUT2D eigenvalue weighted by atomic mass is 10.1. The Hall–Kier alpha value is -1.80. The molecule has 23 heavy (non-hydrogen) atoms. The predicted molar refractivity (Wildman–Crippen MR) is 103 cm³/mol. The molecule has 0 unspecified atom stereocenters. The van der Waals surface area contributed by atoms with Gasteiger partial charge in [-0.1, -0.05) is 83.0 Å². The topological polar surface area (TPSA) is 0 Å². The fourth-order valence-corrected chi connectivity index (χ4v) is 6.50. The number of hydrogen-bond donors (Lipinski definition) is 0. The van der Waals surface area contributed by atoms with Crippen molar-refractivity contribution >= 4 is 59.7 Å². The van der Waals surface area contributed by atoms with E-state index in [0.29, 0.717) is 0 Å². The average molecular weight is 352 g/mol. The Morgan fingerprint density at radius 1 is 0.609 bits per heavy atom. The van der Waals surface area contributed by atoms with E-state index in [9.17, 15) is 0 Å². The first-order chi connectivity index (χ1) is 11.2. The van der Waals surface area contributed by atoms with E-state index in [1.807, 2.05) is 12.1 Å². The first-order valence-electron chi connectivity index (χ1n) is 7.43. The van der Waals surface area contributed by atoms with Crippen molar-refractivity contribution in [3.05, 3.63) is 87.9 Å². The van der Waals surface area contributed by atoms with Gasteiger partial charge >= 0.3 is 0 Å². The molecule has 0 saturated heterocycles. The molecule has 0 nitrogen and oxygen atoms in total. The second kappa shape index (κ2) is 6.01. The van der Waals surface area contributed by atoms with Gasteiger partial charge in [-0.2, -0.15) is 0 Å². The third-order valence-corrected chi connectivity index (χ3v) is 7.40. The van der Waals surface area contributed by atoms with Crippen LogP contribution in [0.4, 0.5) is 0 Å². The first kappa shape index (κ1) is 14.8. The zero-order valence-corrected chi connectivity index (χ0v) is 14.8. The zero-order valence-electron chi connectivity index (χ0n) is 12.3. The summed E-state index contributed by atoms with van der Waals surface area (Å²) in [7, 11) is -1.15. The van der Waals surface area contributed by atoms with Crippen LogP contribution < -0.4 is 15.6 Å². The SMILES string of the molecule is Clc1ccc2c(c1)[Si](c1ccccc1)c1cc(Cl)ccc1C=C2. The van der Waals surface area contributed by atoms with Crippen LogP contribution in [0.1, 0.15) is 11.1 Å². The lowest BCUT2D eigenvalue weighted by Crippen LogP contribution is -2.53. The van der Waals surface area contributed by atoms with E-state index in [1.54, 1.807) is 0 Å². The molecule has 0 aromatic heterocycles. The van der Waals surface area contributed by atoms with Crippen molar-refractivity contribution in [1.82, 2.24) is 0 Å². The van der Waals surface area contributed by atoms with Crippen molar-refractivity contribution in [1.29, 1.82) is 0 Å². The van der Waals surface area contributed by atoms with Crippen LogP contribution in [0.5, 0.6) is 0 Å². The molecule has 1 aliphatic heterocycles. The first-order valence-corrected chi connectivity index (χ1v) is 9.68. The van der Waals surface area contributed by atoms with Gasteiger partial charge < -0.3 is 0 Å². The summed E-state index contributed by atoms with van der Waals surface area (Å²) in [5, 5.41) is 5.52. The highest BCUT2D eigenvalue weighted by Gasteiger charge is 2.26. The minimum atomic E-state index is -1.15. The van der Waals surface area contributed by atoms with Crippen molar-refractivity contribution in [2.75, 3.05) is 0 Å². The van der Waals surface area contributed by atoms with Crippen molar-refractivity contribution in [3.8, 4) is 0 Å². The maximum Gasteiger partial charge on any atom is 0.156 e. The van der Waals surface area contributed by atoms with Crippen molar-refractivity contribution < 1.29 is 0 Å². The van der Waals surface area contributed by atoms with Crippen molar-refractivity contribution in [3.63, 3.8) is 0 Å². The molecule has 0 fully saturated rings. The molecular formula is C20H13Cl2Si. The average Bonchev–Trinajstić information content (AvgIpc) is 2.71. The van der Waals surface area contributed by atoms with Crippen LogP contribution in [0.25, 0.3) is 12.2 Å². The highest BCUT2D eigenvalue weighted by molar-refractivity contribution is 6.96. The third kappa shape index (κ3) is 2.76. The molecular weight excluding hydrogens is 339 g/mol. The Bertz CT molecular complexity index is 845. The molecule has 3 aromatic carbocycles. The van der Waals surface area contributed by atoms with Crippen LogP contribution in [0.3, 0.4) is 0 Å². The quantitative estimate of drug-likeness (QED) is 0.455. The maximum atomic E-state index is 6.31. The van der Waals surface area contributed by atoms with Crippen molar-refractivity contribution in [2.45, 2.75) is 0 Å². The van der Waals surface area contributed by atoms with Gasteiger partial charge in [0.05, 0.1) is 0 Å². The van der Waals surface area contributed by atoms with E-state index in [2.05, 4.69) is 66.7 Å². The van der Waals surface area contributed by atoms with E-state index >= 15 is 0 Å². The molecule has 111 valence electrons. The minimum absolute atomic E-state index is 0.779. The Morgan fingerprint density at radius 2 is 1.13 bits per heavy atom. The Kier molecular flexibility index (Phi) is 3.86. The van der Waals surface area contributed by atoms with Crippen LogP contribution in [0, 0.1) is 0 Å². The van der Waals surface area contributed by atoms with Crippen LogP contribution in [0.15, 0.2) is 66.7 Å². The molecule has 3 aromatic rings. The van der Waals surface area contributed by atoms with E-state index in [1.165, 1.54) is 26.7 Å². The second-order valence-corrected chi connectivity index (χ2v) is 8.82. The highest BCUT2D eigenvalue weighted by Crippen LogP contribution is 2.18. The summed E-state index contributed by atoms with van der Waals surface area (Å²) < 4.78 is 0. The normalized spacial score (nSPS) is 13.3. The Balaban J connectivity index is 2.04. The van der Waals surface area contributed by atoms with Crippen LogP contribution in [0.2, 0.25) is 10.0 Å². The van der Waals surface area contributed by atoms with Crippen LogP contribution >= 0.6 is 23.2 Å². The lowest BCUT2D eigenvalue weighted by molar-refractivity contribution is 1.69. The summed E-state index contributed by atoms with van der Waals surface area (Å²) in [6.07, 6.45) is 4.36. The van der Waals surface area contributed by atoms with Gasteiger partial charge in [0.1, 0.15) is 0 Å². The summed E-state index contributed by atoms with van der Waals surface area (Å²) >= 11 is 12.6. The number of halogens is 2. The summed E-state index contributed by atoms with van der Waals surface area (Å²) in [6, 6.07) is 23.0.